The highest BCUT2D eigenvalue weighted by Crippen LogP contribution is 2.29. The second-order valence-electron chi connectivity index (χ2n) is 6.41. The molecule has 1 aromatic heterocycles. The van der Waals surface area contributed by atoms with Gasteiger partial charge in [-0.15, -0.1) is 0 Å². The summed E-state index contributed by atoms with van der Waals surface area (Å²) in [4.78, 5) is 12.1. The van der Waals surface area contributed by atoms with Gasteiger partial charge in [-0.1, -0.05) is 18.2 Å². The molecule has 2 aromatic carbocycles. The van der Waals surface area contributed by atoms with Gasteiger partial charge in [-0.3, -0.25) is 0 Å². The smallest absolute Gasteiger partial charge is 0.344 e. The molecule has 0 amide bonds. The lowest BCUT2D eigenvalue weighted by Crippen LogP contribution is -2.60. The highest BCUT2D eigenvalue weighted by atomic mass is 16.7. The Morgan fingerprint density at radius 1 is 0.926 bits per heavy atom. The zero-order valence-electron chi connectivity index (χ0n) is 14.1. The molecular formula is C19H18O8. The second kappa shape index (κ2) is 6.91. The quantitative estimate of drug-likeness (QED) is 0.376. The van der Waals surface area contributed by atoms with Crippen molar-refractivity contribution in [3.05, 3.63) is 52.9 Å². The van der Waals surface area contributed by atoms with E-state index in [1.54, 1.807) is 24.3 Å². The van der Waals surface area contributed by atoms with Crippen LogP contribution in [0.5, 0.6) is 5.75 Å². The van der Waals surface area contributed by atoms with Gasteiger partial charge in [-0.05, 0) is 23.6 Å². The number of hydrogen-bond acceptors (Lipinski definition) is 8. The molecule has 4 N–H and O–H groups in total. The van der Waals surface area contributed by atoms with Gasteiger partial charge in [-0.25, -0.2) is 4.79 Å². The minimum Gasteiger partial charge on any atom is -0.462 e. The third-order valence-electron chi connectivity index (χ3n) is 4.69. The van der Waals surface area contributed by atoms with Crippen molar-refractivity contribution in [2.45, 2.75) is 30.7 Å². The molecule has 8 heteroatoms. The van der Waals surface area contributed by atoms with Crippen LogP contribution in [-0.4, -0.2) is 57.7 Å². The van der Waals surface area contributed by atoms with Crippen LogP contribution in [0.3, 0.4) is 0 Å². The summed E-state index contributed by atoms with van der Waals surface area (Å²) in [5.41, 5.74) is -0.191. The van der Waals surface area contributed by atoms with Crippen molar-refractivity contribution >= 4 is 21.7 Å². The maximum Gasteiger partial charge on any atom is 0.344 e. The van der Waals surface area contributed by atoms with Crippen LogP contribution in [0.4, 0.5) is 0 Å². The van der Waals surface area contributed by atoms with Crippen LogP contribution in [0.2, 0.25) is 0 Å². The SMILES string of the molecule is O=c1oc2cc(O[C@H]3O[C@@H](CO)[C@@H](O)[C@@H](O)[C@@H]3O)ccc2c2ccccc12. The van der Waals surface area contributed by atoms with E-state index in [9.17, 15) is 25.2 Å². The maximum absolute atomic E-state index is 12.1. The molecule has 0 unspecified atom stereocenters. The van der Waals surface area contributed by atoms with Gasteiger partial charge in [0.1, 0.15) is 35.7 Å². The fourth-order valence-electron chi connectivity index (χ4n) is 3.23. The van der Waals surface area contributed by atoms with Crippen LogP contribution in [0.25, 0.3) is 21.7 Å². The number of ether oxygens (including phenoxy) is 2. The van der Waals surface area contributed by atoms with Crippen molar-refractivity contribution in [2.24, 2.45) is 0 Å². The van der Waals surface area contributed by atoms with Gasteiger partial charge in [0.05, 0.1) is 12.0 Å². The first-order valence-electron chi connectivity index (χ1n) is 8.42. The fourth-order valence-corrected chi connectivity index (χ4v) is 3.23. The van der Waals surface area contributed by atoms with E-state index in [1.807, 2.05) is 12.1 Å². The van der Waals surface area contributed by atoms with E-state index >= 15 is 0 Å². The normalized spacial score (nSPS) is 28.5. The predicted octanol–water partition coefficient (Wildman–Crippen LogP) is 0.125. The Balaban J connectivity index is 1.68. The Hall–Kier alpha value is -2.49. The second-order valence-corrected chi connectivity index (χ2v) is 6.41. The van der Waals surface area contributed by atoms with E-state index in [1.165, 1.54) is 6.07 Å². The van der Waals surface area contributed by atoms with E-state index in [0.717, 1.165) is 5.39 Å². The number of hydrogen-bond donors (Lipinski definition) is 4. The topological polar surface area (TPSA) is 130 Å². The molecule has 0 saturated carbocycles. The zero-order chi connectivity index (χ0) is 19.1. The lowest BCUT2D eigenvalue weighted by molar-refractivity contribution is -0.277. The molecule has 1 aliphatic rings. The largest absolute Gasteiger partial charge is 0.462 e. The molecule has 8 nitrogen and oxygen atoms in total. The highest BCUT2D eigenvalue weighted by Gasteiger charge is 2.44. The molecule has 5 atom stereocenters. The summed E-state index contributed by atoms with van der Waals surface area (Å²) in [5.74, 6) is 0.227. The molecule has 142 valence electrons. The minimum atomic E-state index is -1.54. The highest BCUT2D eigenvalue weighted by molar-refractivity contribution is 6.04. The Morgan fingerprint density at radius 2 is 1.67 bits per heavy atom. The van der Waals surface area contributed by atoms with Crippen molar-refractivity contribution < 1.29 is 34.3 Å². The van der Waals surface area contributed by atoms with Crippen LogP contribution in [0.15, 0.2) is 51.7 Å². The van der Waals surface area contributed by atoms with E-state index in [2.05, 4.69) is 0 Å². The molecule has 0 bridgehead atoms. The summed E-state index contributed by atoms with van der Waals surface area (Å²) in [6, 6.07) is 11.9. The molecule has 1 saturated heterocycles. The lowest BCUT2D eigenvalue weighted by atomic mass is 9.99. The maximum atomic E-state index is 12.1. The Bertz CT molecular complexity index is 1030. The third kappa shape index (κ3) is 3.07. The van der Waals surface area contributed by atoms with Gasteiger partial charge in [0.25, 0.3) is 0 Å². The molecule has 0 aliphatic carbocycles. The number of fused-ring (bicyclic) bond motifs is 3. The first-order valence-corrected chi connectivity index (χ1v) is 8.42. The molecule has 1 aliphatic heterocycles. The van der Waals surface area contributed by atoms with Gasteiger partial charge in [0.15, 0.2) is 0 Å². The Kier molecular flexibility index (Phi) is 4.58. The van der Waals surface area contributed by atoms with Crippen LogP contribution in [0.1, 0.15) is 0 Å². The van der Waals surface area contributed by atoms with Crippen molar-refractivity contribution in [1.29, 1.82) is 0 Å². The molecule has 2 heterocycles. The molecule has 0 spiro atoms. The van der Waals surface area contributed by atoms with Crippen molar-refractivity contribution in [3.8, 4) is 5.75 Å². The summed E-state index contributed by atoms with van der Waals surface area (Å²) in [6.45, 7) is -0.552. The molecule has 4 rings (SSSR count). The molecule has 0 radical (unpaired) electrons. The number of aliphatic hydroxyl groups excluding tert-OH is 4. The van der Waals surface area contributed by atoms with Gasteiger partial charge < -0.3 is 34.3 Å². The number of aliphatic hydroxyl groups is 4. The molecule has 3 aromatic rings. The summed E-state index contributed by atoms with van der Waals surface area (Å²) < 4.78 is 16.2. The summed E-state index contributed by atoms with van der Waals surface area (Å²) >= 11 is 0. The van der Waals surface area contributed by atoms with E-state index in [4.69, 9.17) is 13.9 Å². The number of benzene rings is 2. The van der Waals surface area contributed by atoms with Crippen LogP contribution < -0.4 is 10.4 Å². The van der Waals surface area contributed by atoms with Crippen LogP contribution in [0, 0.1) is 0 Å². The average Bonchev–Trinajstić information content (AvgIpc) is 2.68. The summed E-state index contributed by atoms with van der Waals surface area (Å²) in [7, 11) is 0. The standard InChI is InChI=1S/C19H18O8/c20-8-14-15(21)16(22)17(23)19(27-14)25-9-5-6-11-10-3-1-2-4-12(10)18(24)26-13(11)7-9/h1-7,14-17,19-23H,8H2/t14-,15+,16+,17-,19-/m0/s1. The first-order chi connectivity index (χ1) is 13.0. The van der Waals surface area contributed by atoms with Crippen LogP contribution in [-0.2, 0) is 4.74 Å². The van der Waals surface area contributed by atoms with E-state index < -0.39 is 42.9 Å². The number of rotatable bonds is 3. The third-order valence-corrected chi connectivity index (χ3v) is 4.69. The Labute approximate surface area is 152 Å². The van der Waals surface area contributed by atoms with Gasteiger partial charge in [-0.2, -0.15) is 0 Å². The average molecular weight is 374 g/mol. The lowest BCUT2D eigenvalue weighted by Gasteiger charge is -2.39. The molecule has 1 fully saturated rings. The zero-order valence-corrected chi connectivity index (χ0v) is 14.1. The van der Waals surface area contributed by atoms with Crippen molar-refractivity contribution in [3.63, 3.8) is 0 Å². The molecule has 27 heavy (non-hydrogen) atoms. The van der Waals surface area contributed by atoms with Gasteiger partial charge in [0, 0.05) is 11.5 Å². The van der Waals surface area contributed by atoms with E-state index in [-0.39, 0.29) is 5.75 Å². The first kappa shape index (κ1) is 17.9. The van der Waals surface area contributed by atoms with Crippen molar-refractivity contribution in [2.75, 3.05) is 6.61 Å². The van der Waals surface area contributed by atoms with Crippen LogP contribution >= 0.6 is 0 Å². The van der Waals surface area contributed by atoms with Gasteiger partial charge in [0.2, 0.25) is 6.29 Å². The van der Waals surface area contributed by atoms with Crippen molar-refractivity contribution in [1.82, 2.24) is 0 Å². The molecular weight excluding hydrogens is 356 g/mol. The van der Waals surface area contributed by atoms with E-state index in [0.29, 0.717) is 16.4 Å². The Morgan fingerprint density at radius 3 is 2.41 bits per heavy atom. The minimum absolute atomic E-state index is 0.227. The fraction of sp³-hybridized carbons (Fsp3) is 0.316. The predicted molar refractivity (Wildman–Crippen MR) is 94.4 cm³/mol. The monoisotopic (exact) mass is 374 g/mol. The summed E-state index contributed by atoms with van der Waals surface area (Å²) in [6.07, 6.45) is -6.92. The summed E-state index contributed by atoms with van der Waals surface area (Å²) in [5, 5.41) is 40.9. The van der Waals surface area contributed by atoms with Gasteiger partial charge >= 0.3 is 5.63 Å².